The van der Waals surface area contributed by atoms with Crippen molar-refractivity contribution in [1.82, 2.24) is 9.78 Å². The fraction of sp³-hybridized carbons (Fsp3) is 0.200. The van der Waals surface area contributed by atoms with Gasteiger partial charge in [-0.1, -0.05) is 49.4 Å². The predicted molar refractivity (Wildman–Crippen MR) is 96.5 cm³/mol. The van der Waals surface area contributed by atoms with Gasteiger partial charge in [0.05, 0.1) is 18.3 Å². The molecule has 24 heavy (non-hydrogen) atoms. The summed E-state index contributed by atoms with van der Waals surface area (Å²) < 4.78 is 1.76. The number of aryl methyl sites for hydroxylation is 2. The van der Waals surface area contributed by atoms with Crippen LogP contribution in [-0.4, -0.2) is 15.7 Å². The summed E-state index contributed by atoms with van der Waals surface area (Å²) >= 11 is 0. The molecule has 2 aromatic carbocycles. The summed E-state index contributed by atoms with van der Waals surface area (Å²) in [6, 6.07) is 18.0. The zero-order valence-corrected chi connectivity index (χ0v) is 14.0. The van der Waals surface area contributed by atoms with Gasteiger partial charge in [0.2, 0.25) is 5.91 Å². The summed E-state index contributed by atoms with van der Waals surface area (Å²) in [5, 5.41) is 7.37. The van der Waals surface area contributed by atoms with Crippen LogP contribution in [0.3, 0.4) is 0 Å². The summed E-state index contributed by atoms with van der Waals surface area (Å²) in [7, 11) is 0. The van der Waals surface area contributed by atoms with E-state index in [0.717, 1.165) is 29.1 Å². The van der Waals surface area contributed by atoms with E-state index in [4.69, 9.17) is 0 Å². The van der Waals surface area contributed by atoms with Crippen molar-refractivity contribution < 1.29 is 4.79 Å². The van der Waals surface area contributed by atoms with E-state index in [1.807, 2.05) is 49.4 Å². The molecule has 0 aliphatic rings. The molecule has 0 fully saturated rings. The lowest BCUT2D eigenvalue weighted by atomic mass is 10.1. The quantitative estimate of drug-likeness (QED) is 0.774. The third-order valence-corrected chi connectivity index (χ3v) is 4.01. The fourth-order valence-electron chi connectivity index (χ4n) is 2.60. The standard InChI is InChI=1S/C20H21N3O/c1-3-16-9-11-17(12-10-16)13-19(24)22-20-15(2)14-21-23(20)18-7-5-4-6-8-18/h4-12,14H,3,13H2,1-2H3,(H,22,24). The second-order valence-electron chi connectivity index (χ2n) is 5.82. The largest absolute Gasteiger partial charge is 0.310 e. The van der Waals surface area contributed by atoms with Gasteiger partial charge in [-0.2, -0.15) is 5.10 Å². The van der Waals surface area contributed by atoms with Gasteiger partial charge in [0.25, 0.3) is 0 Å². The first-order valence-corrected chi connectivity index (χ1v) is 8.15. The zero-order chi connectivity index (χ0) is 16.9. The number of nitrogens with one attached hydrogen (secondary N) is 1. The number of carbonyl (C=O) groups excluding carboxylic acids is 1. The summed E-state index contributed by atoms with van der Waals surface area (Å²) in [4.78, 5) is 12.4. The summed E-state index contributed by atoms with van der Waals surface area (Å²) in [5.41, 5.74) is 4.15. The van der Waals surface area contributed by atoms with Crippen LogP contribution in [-0.2, 0) is 17.6 Å². The van der Waals surface area contributed by atoms with Gasteiger partial charge < -0.3 is 5.32 Å². The Hall–Kier alpha value is -2.88. The second-order valence-corrected chi connectivity index (χ2v) is 5.82. The Kier molecular flexibility index (Phi) is 4.75. The molecule has 1 aromatic heterocycles. The topological polar surface area (TPSA) is 46.9 Å². The van der Waals surface area contributed by atoms with Crippen molar-refractivity contribution in [3.05, 3.63) is 77.5 Å². The Morgan fingerprint density at radius 2 is 1.71 bits per heavy atom. The maximum absolute atomic E-state index is 12.4. The highest BCUT2D eigenvalue weighted by Gasteiger charge is 2.12. The number of benzene rings is 2. The van der Waals surface area contributed by atoms with Crippen molar-refractivity contribution in [2.75, 3.05) is 5.32 Å². The first-order chi connectivity index (χ1) is 11.7. The molecular formula is C20H21N3O. The molecule has 0 radical (unpaired) electrons. The van der Waals surface area contributed by atoms with E-state index < -0.39 is 0 Å². The van der Waals surface area contributed by atoms with E-state index in [1.165, 1.54) is 5.56 Å². The van der Waals surface area contributed by atoms with Crippen LogP contribution in [0.1, 0.15) is 23.6 Å². The molecule has 0 saturated heterocycles. The van der Waals surface area contributed by atoms with Gasteiger partial charge in [-0.3, -0.25) is 4.79 Å². The van der Waals surface area contributed by atoms with Crippen LogP contribution < -0.4 is 5.32 Å². The molecule has 0 aliphatic heterocycles. The molecule has 0 aliphatic carbocycles. The SMILES string of the molecule is CCc1ccc(CC(=O)Nc2c(C)cnn2-c2ccccc2)cc1. The number of amides is 1. The monoisotopic (exact) mass is 319 g/mol. The van der Waals surface area contributed by atoms with E-state index in [9.17, 15) is 4.79 Å². The molecule has 0 atom stereocenters. The lowest BCUT2D eigenvalue weighted by Gasteiger charge is -2.10. The van der Waals surface area contributed by atoms with E-state index in [-0.39, 0.29) is 5.91 Å². The van der Waals surface area contributed by atoms with E-state index in [2.05, 4.69) is 29.5 Å². The Morgan fingerprint density at radius 3 is 2.38 bits per heavy atom. The molecule has 122 valence electrons. The number of hydrogen-bond acceptors (Lipinski definition) is 2. The molecule has 0 saturated carbocycles. The van der Waals surface area contributed by atoms with E-state index in [1.54, 1.807) is 10.9 Å². The number of aromatic nitrogens is 2. The molecule has 1 heterocycles. The van der Waals surface area contributed by atoms with Crippen LogP contribution >= 0.6 is 0 Å². The Balaban J connectivity index is 1.76. The van der Waals surface area contributed by atoms with Gasteiger partial charge in [0, 0.05) is 5.56 Å². The second kappa shape index (κ2) is 7.13. The van der Waals surface area contributed by atoms with Gasteiger partial charge in [-0.15, -0.1) is 0 Å². The molecule has 3 rings (SSSR count). The summed E-state index contributed by atoms with van der Waals surface area (Å²) in [6.07, 6.45) is 3.12. The molecule has 1 amide bonds. The van der Waals surface area contributed by atoms with Gasteiger partial charge in [-0.25, -0.2) is 4.68 Å². The number of para-hydroxylation sites is 1. The van der Waals surface area contributed by atoms with Crippen LogP contribution in [0.25, 0.3) is 5.69 Å². The minimum Gasteiger partial charge on any atom is -0.310 e. The Labute approximate surface area is 142 Å². The lowest BCUT2D eigenvalue weighted by Crippen LogP contribution is -2.17. The minimum absolute atomic E-state index is 0.0416. The van der Waals surface area contributed by atoms with Crippen LogP contribution in [0.15, 0.2) is 60.8 Å². The van der Waals surface area contributed by atoms with Crippen molar-refractivity contribution in [2.45, 2.75) is 26.7 Å². The third kappa shape index (κ3) is 3.54. The number of carbonyl (C=O) groups is 1. The first-order valence-electron chi connectivity index (χ1n) is 8.15. The first kappa shape index (κ1) is 16.0. The summed E-state index contributed by atoms with van der Waals surface area (Å²) in [6.45, 7) is 4.06. The van der Waals surface area contributed by atoms with E-state index >= 15 is 0 Å². The van der Waals surface area contributed by atoms with Gasteiger partial charge in [0.1, 0.15) is 5.82 Å². The van der Waals surface area contributed by atoms with Gasteiger partial charge >= 0.3 is 0 Å². The minimum atomic E-state index is -0.0416. The van der Waals surface area contributed by atoms with Crippen molar-refractivity contribution in [2.24, 2.45) is 0 Å². The van der Waals surface area contributed by atoms with Crippen molar-refractivity contribution in [1.29, 1.82) is 0 Å². The third-order valence-electron chi connectivity index (χ3n) is 4.01. The molecule has 0 bridgehead atoms. The average Bonchev–Trinajstić information content (AvgIpc) is 2.97. The van der Waals surface area contributed by atoms with Crippen LogP contribution in [0.2, 0.25) is 0 Å². The fourth-order valence-corrected chi connectivity index (χ4v) is 2.60. The van der Waals surface area contributed by atoms with Gasteiger partial charge in [-0.05, 0) is 36.6 Å². The normalized spacial score (nSPS) is 10.6. The number of anilines is 1. The van der Waals surface area contributed by atoms with Crippen LogP contribution in [0.4, 0.5) is 5.82 Å². The molecule has 4 heteroatoms. The lowest BCUT2D eigenvalue weighted by molar-refractivity contribution is -0.115. The van der Waals surface area contributed by atoms with Gasteiger partial charge in [0.15, 0.2) is 0 Å². The Bertz CT molecular complexity index is 820. The van der Waals surface area contributed by atoms with Crippen molar-refractivity contribution >= 4 is 11.7 Å². The maximum atomic E-state index is 12.4. The number of rotatable bonds is 5. The number of hydrogen-bond donors (Lipinski definition) is 1. The smallest absolute Gasteiger partial charge is 0.229 e. The predicted octanol–water partition coefficient (Wildman–Crippen LogP) is 3.92. The number of nitrogens with zero attached hydrogens (tertiary/aromatic N) is 2. The maximum Gasteiger partial charge on any atom is 0.229 e. The highest BCUT2D eigenvalue weighted by Crippen LogP contribution is 2.19. The molecule has 0 spiro atoms. The molecule has 0 unspecified atom stereocenters. The highest BCUT2D eigenvalue weighted by molar-refractivity contribution is 5.92. The van der Waals surface area contributed by atoms with Crippen LogP contribution in [0, 0.1) is 6.92 Å². The Morgan fingerprint density at radius 1 is 1.04 bits per heavy atom. The zero-order valence-electron chi connectivity index (χ0n) is 14.0. The summed E-state index contributed by atoms with van der Waals surface area (Å²) in [5.74, 6) is 0.677. The molecule has 4 nitrogen and oxygen atoms in total. The molecular weight excluding hydrogens is 298 g/mol. The highest BCUT2D eigenvalue weighted by atomic mass is 16.1. The van der Waals surface area contributed by atoms with Crippen molar-refractivity contribution in [3.63, 3.8) is 0 Å². The molecule has 1 N–H and O–H groups in total. The molecule has 3 aromatic rings. The van der Waals surface area contributed by atoms with Crippen molar-refractivity contribution in [3.8, 4) is 5.69 Å². The average molecular weight is 319 g/mol. The van der Waals surface area contributed by atoms with E-state index in [0.29, 0.717) is 6.42 Å². The van der Waals surface area contributed by atoms with Crippen LogP contribution in [0.5, 0.6) is 0 Å².